The normalized spacial score (nSPS) is 11.8. The third-order valence-electron chi connectivity index (χ3n) is 3.65. The van der Waals surface area contributed by atoms with Crippen molar-refractivity contribution in [2.75, 3.05) is 0 Å². The summed E-state index contributed by atoms with van der Waals surface area (Å²) in [6.45, 7) is 0. The molecule has 0 saturated carbocycles. The highest BCUT2D eigenvalue weighted by Gasteiger charge is 2.16. The van der Waals surface area contributed by atoms with Gasteiger partial charge in [0.15, 0.2) is 0 Å². The lowest BCUT2D eigenvalue weighted by Gasteiger charge is -2.05. The molecular weight excluding hydrogens is 374 g/mol. The molecule has 3 rings (SSSR count). The molecule has 1 amide bonds. The summed E-state index contributed by atoms with van der Waals surface area (Å²) in [6, 6.07) is 17.4. The molecule has 3 aromatic carbocycles. The van der Waals surface area contributed by atoms with Crippen molar-refractivity contribution in [2.45, 2.75) is 4.90 Å². The van der Waals surface area contributed by atoms with Crippen molar-refractivity contribution in [3.8, 4) is 0 Å². The first kappa shape index (κ1) is 18.1. The molecule has 3 aromatic rings. The van der Waals surface area contributed by atoms with E-state index < -0.39 is 15.9 Å². The van der Waals surface area contributed by atoms with Gasteiger partial charge in [0.25, 0.3) is 5.91 Å². The second-order valence-corrected chi connectivity index (χ2v) is 7.43. The van der Waals surface area contributed by atoms with E-state index in [1.165, 1.54) is 18.3 Å². The van der Waals surface area contributed by atoms with Crippen LogP contribution in [0.5, 0.6) is 0 Å². The van der Waals surface area contributed by atoms with Gasteiger partial charge in [-0.05, 0) is 40.6 Å². The summed E-state index contributed by atoms with van der Waals surface area (Å²) in [5.74, 6) is -0.580. The number of nitrogens with two attached hydrogens (primary N) is 1. The molecular formula is C18H14ClN3O3S. The van der Waals surface area contributed by atoms with Gasteiger partial charge in [-0.2, -0.15) is 5.10 Å². The van der Waals surface area contributed by atoms with E-state index in [0.717, 1.165) is 22.4 Å². The Hall–Kier alpha value is -2.74. The number of halogens is 1. The predicted octanol–water partition coefficient (Wildman–Crippen LogP) is 2.90. The molecule has 0 aliphatic rings. The SMILES string of the molecule is NS(=O)(=O)c1cc(C(=O)N/N=C\c2ccc3ccccc3c2)ccc1Cl. The first-order chi connectivity index (χ1) is 12.3. The van der Waals surface area contributed by atoms with E-state index in [0.29, 0.717) is 0 Å². The Kier molecular flexibility index (Phi) is 5.03. The van der Waals surface area contributed by atoms with Crippen molar-refractivity contribution < 1.29 is 13.2 Å². The maximum atomic E-state index is 12.1. The minimum Gasteiger partial charge on any atom is -0.267 e. The number of fused-ring (bicyclic) bond motifs is 1. The average molecular weight is 388 g/mol. The molecule has 3 N–H and O–H groups in total. The number of rotatable bonds is 4. The Balaban J connectivity index is 1.76. The molecule has 0 atom stereocenters. The summed E-state index contributed by atoms with van der Waals surface area (Å²) in [6.07, 6.45) is 1.50. The van der Waals surface area contributed by atoms with Crippen LogP contribution in [0, 0.1) is 0 Å². The van der Waals surface area contributed by atoms with E-state index in [9.17, 15) is 13.2 Å². The van der Waals surface area contributed by atoms with Crippen LogP contribution in [-0.4, -0.2) is 20.5 Å². The van der Waals surface area contributed by atoms with Gasteiger partial charge in [-0.1, -0.05) is 48.0 Å². The molecule has 0 bridgehead atoms. The number of nitrogens with one attached hydrogen (secondary N) is 1. The lowest BCUT2D eigenvalue weighted by Crippen LogP contribution is -2.19. The molecule has 6 nitrogen and oxygen atoms in total. The van der Waals surface area contributed by atoms with Gasteiger partial charge in [-0.3, -0.25) is 4.79 Å². The number of hydrazone groups is 1. The lowest BCUT2D eigenvalue weighted by molar-refractivity contribution is 0.0955. The number of carbonyl (C=O) groups excluding carboxylic acids is 1. The van der Waals surface area contributed by atoms with Gasteiger partial charge in [-0.25, -0.2) is 19.0 Å². The molecule has 0 heterocycles. The summed E-state index contributed by atoms with van der Waals surface area (Å²) >= 11 is 5.80. The fourth-order valence-corrected chi connectivity index (χ4v) is 3.45. The Labute approximate surface area is 155 Å². The highest BCUT2D eigenvalue weighted by atomic mass is 35.5. The van der Waals surface area contributed by atoms with Gasteiger partial charge < -0.3 is 0 Å². The van der Waals surface area contributed by atoms with Crippen molar-refractivity contribution in [3.05, 3.63) is 76.8 Å². The maximum absolute atomic E-state index is 12.1. The Bertz CT molecular complexity index is 1130. The first-order valence-corrected chi connectivity index (χ1v) is 9.41. The zero-order valence-electron chi connectivity index (χ0n) is 13.4. The standard InChI is InChI=1S/C18H14ClN3O3S/c19-16-8-7-15(10-17(16)26(20,24)25)18(23)22-21-11-12-5-6-13-3-1-2-4-14(13)9-12/h1-11H,(H,22,23)(H2,20,24,25)/b21-11-. The van der Waals surface area contributed by atoms with Gasteiger partial charge in [0.2, 0.25) is 10.0 Å². The number of carbonyl (C=O) groups is 1. The molecule has 0 fully saturated rings. The molecule has 0 aliphatic carbocycles. The highest BCUT2D eigenvalue weighted by molar-refractivity contribution is 7.89. The highest BCUT2D eigenvalue weighted by Crippen LogP contribution is 2.21. The monoisotopic (exact) mass is 387 g/mol. The minimum absolute atomic E-state index is 0.0521. The molecule has 0 radical (unpaired) electrons. The van der Waals surface area contributed by atoms with Crippen LogP contribution in [0.3, 0.4) is 0 Å². The van der Waals surface area contributed by atoms with Crippen LogP contribution in [-0.2, 0) is 10.0 Å². The van der Waals surface area contributed by atoms with Gasteiger partial charge in [0.1, 0.15) is 4.90 Å². The van der Waals surface area contributed by atoms with E-state index in [2.05, 4.69) is 10.5 Å². The molecule has 8 heteroatoms. The lowest BCUT2D eigenvalue weighted by atomic mass is 10.1. The topological polar surface area (TPSA) is 102 Å². The van der Waals surface area contributed by atoms with Gasteiger partial charge in [0.05, 0.1) is 11.2 Å². The van der Waals surface area contributed by atoms with E-state index in [4.69, 9.17) is 16.7 Å². The molecule has 0 unspecified atom stereocenters. The number of sulfonamides is 1. The third-order valence-corrected chi connectivity index (χ3v) is 5.05. The zero-order valence-corrected chi connectivity index (χ0v) is 15.0. The maximum Gasteiger partial charge on any atom is 0.271 e. The first-order valence-electron chi connectivity index (χ1n) is 7.49. The van der Waals surface area contributed by atoms with Crippen LogP contribution in [0.4, 0.5) is 0 Å². The number of amides is 1. The molecule has 0 aromatic heterocycles. The number of hydrogen-bond donors (Lipinski definition) is 2. The molecule has 26 heavy (non-hydrogen) atoms. The van der Waals surface area contributed by atoms with E-state index in [1.54, 1.807) is 0 Å². The number of primary sulfonamides is 1. The van der Waals surface area contributed by atoms with Crippen LogP contribution >= 0.6 is 11.6 Å². The van der Waals surface area contributed by atoms with Crippen molar-refractivity contribution in [2.24, 2.45) is 10.2 Å². The van der Waals surface area contributed by atoms with Gasteiger partial charge in [-0.15, -0.1) is 0 Å². The Morgan fingerprint density at radius 3 is 2.50 bits per heavy atom. The van der Waals surface area contributed by atoms with Crippen molar-refractivity contribution in [3.63, 3.8) is 0 Å². The largest absolute Gasteiger partial charge is 0.271 e. The number of nitrogens with zero attached hydrogens (tertiary/aromatic N) is 1. The zero-order chi connectivity index (χ0) is 18.7. The Morgan fingerprint density at radius 1 is 1.04 bits per heavy atom. The smallest absolute Gasteiger partial charge is 0.267 e. The predicted molar refractivity (Wildman–Crippen MR) is 102 cm³/mol. The van der Waals surface area contributed by atoms with Crippen molar-refractivity contribution in [1.82, 2.24) is 5.43 Å². The van der Waals surface area contributed by atoms with Gasteiger partial charge >= 0.3 is 0 Å². The fourth-order valence-electron chi connectivity index (χ4n) is 2.38. The molecule has 0 spiro atoms. The van der Waals surface area contributed by atoms with Crippen LogP contribution in [0.25, 0.3) is 10.8 Å². The van der Waals surface area contributed by atoms with E-state index in [1.807, 2.05) is 42.5 Å². The summed E-state index contributed by atoms with van der Waals surface area (Å²) in [7, 11) is -4.02. The van der Waals surface area contributed by atoms with Crippen molar-refractivity contribution in [1.29, 1.82) is 0 Å². The fraction of sp³-hybridized carbons (Fsp3) is 0. The van der Waals surface area contributed by atoms with Crippen LogP contribution in [0.15, 0.2) is 70.7 Å². The summed E-state index contributed by atoms with van der Waals surface area (Å²) < 4.78 is 22.9. The van der Waals surface area contributed by atoms with Gasteiger partial charge in [0, 0.05) is 5.56 Å². The van der Waals surface area contributed by atoms with Crippen LogP contribution < -0.4 is 10.6 Å². The second-order valence-electron chi connectivity index (χ2n) is 5.50. The number of benzene rings is 3. The summed E-state index contributed by atoms with van der Waals surface area (Å²) in [4.78, 5) is 11.8. The second kappa shape index (κ2) is 7.25. The summed E-state index contributed by atoms with van der Waals surface area (Å²) in [5, 5.41) is 11.1. The van der Waals surface area contributed by atoms with Crippen molar-refractivity contribution >= 4 is 44.5 Å². The third kappa shape index (κ3) is 4.08. The summed E-state index contributed by atoms with van der Waals surface area (Å²) in [5.41, 5.74) is 3.23. The Morgan fingerprint density at radius 2 is 1.77 bits per heavy atom. The minimum atomic E-state index is -4.02. The average Bonchev–Trinajstić information content (AvgIpc) is 2.61. The molecule has 132 valence electrons. The van der Waals surface area contributed by atoms with Crippen LogP contribution in [0.1, 0.15) is 15.9 Å². The molecule has 0 saturated heterocycles. The number of hydrogen-bond acceptors (Lipinski definition) is 4. The van der Waals surface area contributed by atoms with Crippen LogP contribution in [0.2, 0.25) is 5.02 Å². The van der Waals surface area contributed by atoms with E-state index in [-0.39, 0.29) is 15.5 Å². The van der Waals surface area contributed by atoms with E-state index >= 15 is 0 Å². The quantitative estimate of drug-likeness (QED) is 0.531. The molecule has 0 aliphatic heterocycles.